The number of carbonyl (C=O) groups excluding carboxylic acids is 1. The molecule has 3 fully saturated rings. The van der Waals surface area contributed by atoms with E-state index in [1.807, 2.05) is 0 Å². The van der Waals surface area contributed by atoms with Gasteiger partial charge in [-0.15, -0.1) is 0 Å². The molecule has 4 atom stereocenters. The number of amides is 1. The summed E-state index contributed by atoms with van der Waals surface area (Å²) >= 11 is 0. The molecule has 19 heavy (non-hydrogen) atoms. The molecule has 0 aromatic carbocycles. The van der Waals surface area contributed by atoms with Crippen LogP contribution in [-0.4, -0.2) is 31.6 Å². The molecule has 2 N–H and O–H groups in total. The Bertz CT molecular complexity index is 325. The van der Waals surface area contributed by atoms with Gasteiger partial charge in [0.25, 0.3) is 5.91 Å². The summed E-state index contributed by atoms with van der Waals surface area (Å²) < 4.78 is 0. The van der Waals surface area contributed by atoms with Crippen LogP contribution in [0.3, 0.4) is 0 Å². The van der Waals surface area contributed by atoms with Crippen molar-refractivity contribution in [1.29, 1.82) is 0 Å². The van der Waals surface area contributed by atoms with Crippen molar-refractivity contribution in [2.24, 2.45) is 17.8 Å². The normalized spacial score (nSPS) is 36.4. The van der Waals surface area contributed by atoms with Crippen molar-refractivity contribution >= 4 is 5.91 Å². The number of fused-ring (bicyclic) bond motifs is 2. The molecular formula is C16H29N2O+. The molecule has 1 amide bonds. The van der Waals surface area contributed by atoms with E-state index in [4.69, 9.17) is 0 Å². The van der Waals surface area contributed by atoms with Gasteiger partial charge in [-0.1, -0.05) is 6.42 Å². The zero-order valence-electron chi connectivity index (χ0n) is 12.3. The highest BCUT2D eigenvalue weighted by Gasteiger charge is 2.42. The monoisotopic (exact) mass is 265 g/mol. The van der Waals surface area contributed by atoms with Crippen LogP contribution in [0.1, 0.15) is 51.9 Å². The van der Waals surface area contributed by atoms with Crippen molar-refractivity contribution in [3.8, 4) is 0 Å². The lowest BCUT2D eigenvalue weighted by Gasteiger charge is -2.29. The lowest BCUT2D eigenvalue weighted by molar-refractivity contribution is -0.896. The molecule has 1 saturated heterocycles. The van der Waals surface area contributed by atoms with E-state index in [2.05, 4.69) is 12.2 Å². The zero-order chi connectivity index (χ0) is 13.2. The average Bonchev–Trinajstić information content (AvgIpc) is 3.02. The van der Waals surface area contributed by atoms with Crippen LogP contribution in [0.4, 0.5) is 0 Å². The predicted molar refractivity (Wildman–Crippen MR) is 76.0 cm³/mol. The third-order valence-corrected chi connectivity index (χ3v) is 5.79. The predicted octanol–water partition coefficient (Wildman–Crippen LogP) is 0.996. The van der Waals surface area contributed by atoms with Gasteiger partial charge in [-0.2, -0.15) is 0 Å². The van der Waals surface area contributed by atoms with Gasteiger partial charge in [0.05, 0.1) is 13.1 Å². The van der Waals surface area contributed by atoms with Crippen molar-refractivity contribution in [2.45, 2.75) is 57.9 Å². The number of nitrogens with one attached hydrogen (secondary N) is 2. The maximum absolute atomic E-state index is 12.2. The Morgan fingerprint density at radius 1 is 1.21 bits per heavy atom. The van der Waals surface area contributed by atoms with Crippen LogP contribution in [0.25, 0.3) is 0 Å². The van der Waals surface area contributed by atoms with Gasteiger partial charge < -0.3 is 10.2 Å². The summed E-state index contributed by atoms with van der Waals surface area (Å²) in [6.07, 6.45) is 9.60. The summed E-state index contributed by atoms with van der Waals surface area (Å²) in [5, 5.41) is 3.29. The Hall–Kier alpha value is -0.570. The Kier molecular flexibility index (Phi) is 4.11. The summed E-state index contributed by atoms with van der Waals surface area (Å²) in [7, 11) is 0. The van der Waals surface area contributed by atoms with E-state index in [-0.39, 0.29) is 5.91 Å². The molecule has 3 nitrogen and oxygen atoms in total. The van der Waals surface area contributed by atoms with Crippen LogP contribution in [0, 0.1) is 17.8 Å². The highest BCUT2D eigenvalue weighted by molar-refractivity contribution is 5.77. The van der Waals surface area contributed by atoms with E-state index in [0.29, 0.717) is 12.6 Å². The fraction of sp³-hybridized carbons (Fsp3) is 0.938. The van der Waals surface area contributed by atoms with Gasteiger partial charge in [-0.3, -0.25) is 4.79 Å². The van der Waals surface area contributed by atoms with Gasteiger partial charge in [-0.05, 0) is 63.2 Å². The molecule has 3 heteroatoms. The lowest BCUT2D eigenvalue weighted by atomic mass is 9.84. The smallest absolute Gasteiger partial charge is 0.275 e. The molecule has 3 rings (SSSR count). The fourth-order valence-electron chi connectivity index (χ4n) is 4.77. The molecule has 2 saturated carbocycles. The average molecular weight is 265 g/mol. The van der Waals surface area contributed by atoms with Crippen LogP contribution in [0.2, 0.25) is 0 Å². The molecule has 0 aromatic heterocycles. The van der Waals surface area contributed by atoms with Gasteiger partial charge in [0, 0.05) is 6.04 Å². The second-order valence-electron chi connectivity index (χ2n) is 7.18. The number of hydrogen-bond donors (Lipinski definition) is 2. The van der Waals surface area contributed by atoms with Crippen LogP contribution < -0.4 is 10.2 Å². The number of rotatable bonds is 4. The number of quaternary nitrogens is 1. The van der Waals surface area contributed by atoms with E-state index >= 15 is 0 Å². The number of carbonyl (C=O) groups is 1. The molecule has 108 valence electrons. The molecule has 1 heterocycles. The first-order valence-corrected chi connectivity index (χ1v) is 8.35. The standard InChI is InChI=1S/C16H28N2O/c1-12(15-10-13-5-6-14(15)9-13)17-16(19)11-18-7-3-2-4-8-18/h12-15H,2-11H2,1H3,(H,17,19)/p+1. The molecular weight excluding hydrogens is 236 g/mol. The van der Waals surface area contributed by atoms with Gasteiger partial charge in [-0.25, -0.2) is 0 Å². The summed E-state index contributed by atoms with van der Waals surface area (Å²) in [4.78, 5) is 13.6. The SMILES string of the molecule is CC(NC(=O)C[NH+]1CCCCC1)C1CC2CCC1C2. The number of likely N-dealkylation sites (tertiary alicyclic amines) is 1. The third-order valence-electron chi connectivity index (χ3n) is 5.79. The second kappa shape index (κ2) is 5.82. The molecule has 0 spiro atoms. The summed E-state index contributed by atoms with van der Waals surface area (Å²) in [5.74, 6) is 2.93. The first-order chi connectivity index (χ1) is 9.22. The minimum absolute atomic E-state index is 0.284. The van der Waals surface area contributed by atoms with Crippen LogP contribution in [-0.2, 0) is 4.79 Å². The minimum Gasteiger partial charge on any atom is -0.348 e. The van der Waals surface area contributed by atoms with Gasteiger partial charge in [0.1, 0.15) is 0 Å². The topological polar surface area (TPSA) is 33.5 Å². The molecule has 0 radical (unpaired) electrons. The largest absolute Gasteiger partial charge is 0.348 e. The van der Waals surface area contributed by atoms with Gasteiger partial charge in [0.15, 0.2) is 6.54 Å². The summed E-state index contributed by atoms with van der Waals surface area (Å²) in [6.45, 7) is 5.31. The maximum Gasteiger partial charge on any atom is 0.275 e. The Morgan fingerprint density at radius 2 is 2.00 bits per heavy atom. The molecule has 0 aromatic rings. The van der Waals surface area contributed by atoms with E-state index in [1.165, 1.54) is 62.9 Å². The highest BCUT2D eigenvalue weighted by Crippen LogP contribution is 2.49. The van der Waals surface area contributed by atoms with Gasteiger partial charge >= 0.3 is 0 Å². The Labute approximate surface area is 117 Å². The number of hydrogen-bond acceptors (Lipinski definition) is 1. The first-order valence-electron chi connectivity index (χ1n) is 8.35. The molecule has 2 bridgehead atoms. The highest BCUT2D eigenvalue weighted by atomic mass is 16.2. The van der Waals surface area contributed by atoms with Crippen molar-refractivity contribution in [1.82, 2.24) is 5.32 Å². The number of piperidine rings is 1. The summed E-state index contributed by atoms with van der Waals surface area (Å²) in [6, 6.07) is 0.395. The Balaban J connectivity index is 1.43. The van der Waals surface area contributed by atoms with Crippen LogP contribution in [0.15, 0.2) is 0 Å². The van der Waals surface area contributed by atoms with Crippen molar-refractivity contribution < 1.29 is 9.69 Å². The maximum atomic E-state index is 12.2. The molecule has 4 unspecified atom stereocenters. The van der Waals surface area contributed by atoms with E-state index < -0.39 is 0 Å². The van der Waals surface area contributed by atoms with E-state index in [9.17, 15) is 4.79 Å². The Morgan fingerprint density at radius 3 is 2.63 bits per heavy atom. The summed E-state index contributed by atoms with van der Waals surface area (Å²) in [5.41, 5.74) is 0. The van der Waals surface area contributed by atoms with Crippen molar-refractivity contribution in [3.05, 3.63) is 0 Å². The zero-order valence-corrected chi connectivity index (χ0v) is 12.3. The molecule has 3 aliphatic rings. The first kappa shape index (κ1) is 13.4. The second-order valence-corrected chi connectivity index (χ2v) is 7.18. The molecule has 1 aliphatic heterocycles. The minimum atomic E-state index is 0.284. The lowest BCUT2D eigenvalue weighted by Crippen LogP contribution is -3.14. The van der Waals surface area contributed by atoms with Gasteiger partial charge in [0.2, 0.25) is 0 Å². The van der Waals surface area contributed by atoms with E-state index in [1.54, 1.807) is 0 Å². The quantitative estimate of drug-likeness (QED) is 0.781. The van der Waals surface area contributed by atoms with Crippen LogP contribution in [0.5, 0.6) is 0 Å². The molecule has 2 aliphatic carbocycles. The van der Waals surface area contributed by atoms with Crippen molar-refractivity contribution in [2.75, 3.05) is 19.6 Å². The third kappa shape index (κ3) is 3.13. The fourth-order valence-corrected chi connectivity index (χ4v) is 4.77. The van der Waals surface area contributed by atoms with Crippen LogP contribution >= 0.6 is 0 Å². The van der Waals surface area contributed by atoms with Crippen molar-refractivity contribution in [3.63, 3.8) is 0 Å². The van der Waals surface area contributed by atoms with E-state index in [0.717, 1.165) is 17.8 Å².